The molecule has 2 aromatic rings. The van der Waals surface area contributed by atoms with Crippen LogP contribution >= 0.6 is 0 Å². The molecule has 2 aromatic carbocycles. The minimum Gasteiger partial charge on any atom is -0.497 e. The normalized spacial score (nSPS) is 17.6. The summed E-state index contributed by atoms with van der Waals surface area (Å²) in [7, 11) is 1.62. The SMILES string of the molecule is COc1ccc2c(c1)OC(C)(C)CC2NC(=O)COc1cccc(C)c1. The van der Waals surface area contributed by atoms with Crippen molar-refractivity contribution < 1.29 is 19.0 Å². The summed E-state index contributed by atoms with van der Waals surface area (Å²) in [6.07, 6.45) is 0.683. The summed E-state index contributed by atoms with van der Waals surface area (Å²) in [6, 6.07) is 13.2. The van der Waals surface area contributed by atoms with Gasteiger partial charge in [0.15, 0.2) is 6.61 Å². The van der Waals surface area contributed by atoms with Crippen molar-refractivity contribution in [3.05, 3.63) is 53.6 Å². The van der Waals surface area contributed by atoms with E-state index in [1.165, 1.54) is 0 Å². The van der Waals surface area contributed by atoms with Gasteiger partial charge in [-0.3, -0.25) is 4.79 Å². The van der Waals surface area contributed by atoms with E-state index in [2.05, 4.69) is 5.32 Å². The highest BCUT2D eigenvalue weighted by Gasteiger charge is 2.34. The number of benzene rings is 2. The number of ether oxygens (including phenoxy) is 3. The monoisotopic (exact) mass is 355 g/mol. The Bertz CT molecular complexity index is 800. The van der Waals surface area contributed by atoms with E-state index in [4.69, 9.17) is 14.2 Å². The van der Waals surface area contributed by atoms with Gasteiger partial charge in [-0.1, -0.05) is 12.1 Å². The van der Waals surface area contributed by atoms with Crippen molar-refractivity contribution >= 4 is 5.91 Å². The highest BCUT2D eigenvalue weighted by atomic mass is 16.5. The van der Waals surface area contributed by atoms with Gasteiger partial charge >= 0.3 is 0 Å². The summed E-state index contributed by atoms with van der Waals surface area (Å²) < 4.78 is 16.9. The van der Waals surface area contributed by atoms with Crippen molar-refractivity contribution in [1.29, 1.82) is 0 Å². The van der Waals surface area contributed by atoms with E-state index in [-0.39, 0.29) is 24.2 Å². The van der Waals surface area contributed by atoms with Crippen LogP contribution in [0.15, 0.2) is 42.5 Å². The first kappa shape index (κ1) is 18.1. The summed E-state index contributed by atoms with van der Waals surface area (Å²) in [5, 5.41) is 3.07. The molecule has 0 aromatic heterocycles. The van der Waals surface area contributed by atoms with Gasteiger partial charge in [-0.25, -0.2) is 0 Å². The fourth-order valence-electron chi connectivity index (χ4n) is 3.18. The molecule has 1 amide bonds. The highest BCUT2D eigenvalue weighted by Crippen LogP contribution is 2.41. The second-order valence-electron chi connectivity index (χ2n) is 7.19. The number of fused-ring (bicyclic) bond motifs is 1. The maximum absolute atomic E-state index is 12.4. The number of hydrogen-bond acceptors (Lipinski definition) is 4. The molecule has 1 heterocycles. The molecular formula is C21H25NO4. The molecule has 138 valence electrons. The van der Waals surface area contributed by atoms with Gasteiger partial charge in [-0.05, 0) is 50.6 Å². The van der Waals surface area contributed by atoms with Crippen LogP contribution in [0.3, 0.4) is 0 Å². The van der Waals surface area contributed by atoms with Crippen LogP contribution in [0, 0.1) is 6.92 Å². The minimum absolute atomic E-state index is 0.0211. The molecule has 1 aliphatic rings. The Morgan fingerprint density at radius 3 is 2.77 bits per heavy atom. The van der Waals surface area contributed by atoms with Crippen molar-refractivity contribution in [2.45, 2.75) is 38.8 Å². The largest absolute Gasteiger partial charge is 0.497 e. The minimum atomic E-state index is -0.380. The predicted molar refractivity (Wildman–Crippen MR) is 99.9 cm³/mol. The van der Waals surface area contributed by atoms with Gasteiger partial charge in [-0.15, -0.1) is 0 Å². The number of methoxy groups -OCH3 is 1. The van der Waals surface area contributed by atoms with E-state index >= 15 is 0 Å². The first-order valence-electron chi connectivity index (χ1n) is 8.72. The van der Waals surface area contributed by atoms with E-state index in [9.17, 15) is 4.79 Å². The molecule has 5 heteroatoms. The van der Waals surface area contributed by atoms with E-state index in [1.54, 1.807) is 7.11 Å². The average molecular weight is 355 g/mol. The van der Waals surface area contributed by atoms with Crippen LogP contribution in [-0.2, 0) is 4.79 Å². The van der Waals surface area contributed by atoms with Gasteiger partial charge in [0.1, 0.15) is 22.8 Å². The standard InChI is InChI=1S/C21H25NO4/c1-14-6-5-7-16(10-14)25-13-20(23)22-18-12-21(2,3)26-19-11-15(24-4)8-9-17(18)19/h5-11,18H,12-13H2,1-4H3,(H,22,23). The Balaban J connectivity index is 1.69. The molecule has 0 fully saturated rings. The summed E-state index contributed by atoms with van der Waals surface area (Å²) >= 11 is 0. The number of carbonyl (C=O) groups excluding carboxylic acids is 1. The van der Waals surface area contributed by atoms with Crippen LogP contribution in [-0.4, -0.2) is 25.2 Å². The maximum Gasteiger partial charge on any atom is 0.258 e. The Morgan fingerprint density at radius 1 is 1.23 bits per heavy atom. The summed E-state index contributed by atoms with van der Waals surface area (Å²) in [5.41, 5.74) is 1.67. The topological polar surface area (TPSA) is 56.8 Å². The lowest BCUT2D eigenvalue weighted by atomic mass is 9.89. The van der Waals surface area contributed by atoms with Gasteiger partial charge in [0.2, 0.25) is 0 Å². The fraction of sp³-hybridized carbons (Fsp3) is 0.381. The summed E-state index contributed by atoms with van der Waals surface area (Å²) in [4.78, 5) is 12.4. The van der Waals surface area contributed by atoms with Crippen molar-refractivity contribution in [1.82, 2.24) is 5.32 Å². The Morgan fingerprint density at radius 2 is 2.04 bits per heavy atom. The second kappa shape index (κ2) is 7.28. The zero-order chi connectivity index (χ0) is 18.7. The van der Waals surface area contributed by atoms with Crippen LogP contribution in [0.4, 0.5) is 0 Å². The number of rotatable bonds is 5. The Hall–Kier alpha value is -2.69. The molecule has 0 spiro atoms. The number of hydrogen-bond donors (Lipinski definition) is 1. The lowest BCUT2D eigenvalue weighted by molar-refractivity contribution is -0.124. The van der Waals surface area contributed by atoms with Crippen molar-refractivity contribution in [2.24, 2.45) is 0 Å². The van der Waals surface area contributed by atoms with E-state index in [1.807, 2.05) is 63.2 Å². The van der Waals surface area contributed by atoms with Gasteiger partial charge in [0, 0.05) is 18.1 Å². The molecule has 5 nitrogen and oxygen atoms in total. The molecular weight excluding hydrogens is 330 g/mol. The van der Waals surface area contributed by atoms with Gasteiger partial charge in [0.05, 0.1) is 13.2 Å². The number of nitrogens with one attached hydrogen (secondary N) is 1. The molecule has 0 radical (unpaired) electrons. The van der Waals surface area contributed by atoms with Crippen molar-refractivity contribution in [3.63, 3.8) is 0 Å². The molecule has 1 N–H and O–H groups in total. The van der Waals surface area contributed by atoms with Crippen molar-refractivity contribution in [3.8, 4) is 17.2 Å². The van der Waals surface area contributed by atoms with Crippen LogP contribution in [0.25, 0.3) is 0 Å². The Labute approximate surface area is 154 Å². The average Bonchev–Trinajstić information content (AvgIpc) is 2.58. The number of amides is 1. The number of carbonyl (C=O) groups is 1. The van der Waals surface area contributed by atoms with Crippen LogP contribution < -0.4 is 19.5 Å². The quantitative estimate of drug-likeness (QED) is 0.886. The molecule has 1 unspecified atom stereocenters. The summed E-state index contributed by atoms with van der Waals surface area (Å²) in [5.74, 6) is 2.01. The van der Waals surface area contributed by atoms with Gasteiger partial charge < -0.3 is 19.5 Å². The first-order valence-corrected chi connectivity index (χ1v) is 8.72. The molecule has 0 saturated carbocycles. The third kappa shape index (κ3) is 4.28. The van der Waals surface area contributed by atoms with E-state index in [0.29, 0.717) is 12.2 Å². The van der Waals surface area contributed by atoms with Gasteiger partial charge in [-0.2, -0.15) is 0 Å². The fourth-order valence-corrected chi connectivity index (χ4v) is 3.18. The lowest BCUT2D eigenvalue weighted by Crippen LogP contribution is -2.42. The van der Waals surface area contributed by atoms with Crippen molar-refractivity contribution in [2.75, 3.05) is 13.7 Å². The first-order chi connectivity index (χ1) is 12.4. The lowest BCUT2D eigenvalue weighted by Gasteiger charge is -2.38. The molecule has 1 aliphatic heterocycles. The molecule has 0 saturated heterocycles. The molecule has 0 bridgehead atoms. The van der Waals surface area contributed by atoms with E-state index < -0.39 is 0 Å². The van der Waals surface area contributed by atoms with Crippen LogP contribution in [0.1, 0.15) is 37.4 Å². The molecule has 0 aliphatic carbocycles. The number of aryl methyl sites for hydroxylation is 1. The zero-order valence-corrected chi connectivity index (χ0v) is 15.7. The third-order valence-corrected chi connectivity index (χ3v) is 4.37. The zero-order valence-electron chi connectivity index (χ0n) is 15.7. The second-order valence-corrected chi connectivity index (χ2v) is 7.19. The molecule has 1 atom stereocenters. The highest BCUT2D eigenvalue weighted by molar-refractivity contribution is 5.78. The third-order valence-electron chi connectivity index (χ3n) is 4.37. The van der Waals surface area contributed by atoms with Gasteiger partial charge in [0.25, 0.3) is 5.91 Å². The molecule has 3 rings (SSSR count). The summed E-state index contributed by atoms with van der Waals surface area (Å²) in [6.45, 7) is 5.99. The smallest absolute Gasteiger partial charge is 0.258 e. The van der Waals surface area contributed by atoms with E-state index in [0.717, 1.165) is 22.6 Å². The molecule has 26 heavy (non-hydrogen) atoms. The Kier molecular flexibility index (Phi) is 5.07. The maximum atomic E-state index is 12.4. The predicted octanol–water partition coefficient (Wildman–Crippen LogP) is 3.80. The van der Waals surface area contributed by atoms with Crippen LogP contribution in [0.2, 0.25) is 0 Å². The van der Waals surface area contributed by atoms with Crippen LogP contribution in [0.5, 0.6) is 17.2 Å².